The number of fused-ring (bicyclic) bond motifs is 6. The van der Waals surface area contributed by atoms with E-state index >= 15 is 0 Å². The van der Waals surface area contributed by atoms with Crippen molar-refractivity contribution >= 4 is 33.2 Å². The molecule has 140 valence electrons. The zero-order valence-corrected chi connectivity index (χ0v) is 16.6. The van der Waals surface area contributed by atoms with Crippen molar-refractivity contribution in [1.82, 2.24) is 14.8 Å². The zero-order chi connectivity index (χ0) is 19.6. The first-order valence-corrected chi connectivity index (χ1v) is 9.98. The molecular weight excluding hydrogens is 430 g/mol. The van der Waals surface area contributed by atoms with E-state index in [0.29, 0.717) is 11.6 Å². The minimum absolute atomic E-state index is 0.189. The Morgan fingerprint density at radius 1 is 0.931 bits per heavy atom. The summed E-state index contributed by atoms with van der Waals surface area (Å²) in [6.45, 7) is 0. The number of nitrogens with zero attached hydrogens (tertiary/aromatic N) is 3. The molecule has 4 aromatic rings. The zero-order valence-electron chi connectivity index (χ0n) is 15.1. The quantitative estimate of drug-likeness (QED) is 0.455. The van der Waals surface area contributed by atoms with Gasteiger partial charge in [0, 0.05) is 32.5 Å². The van der Waals surface area contributed by atoms with E-state index in [2.05, 4.69) is 26.6 Å². The molecule has 3 heterocycles. The Morgan fingerprint density at radius 3 is 2.59 bits per heavy atom. The summed E-state index contributed by atoms with van der Waals surface area (Å²) in [5, 5.41) is 11.3. The lowest BCUT2D eigenvalue weighted by atomic mass is 9.96. The van der Waals surface area contributed by atoms with E-state index in [9.17, 15) is 4.79 Å². The number of benzene rings is 3. The van der Waals surface area contributed by atoms with Crippen molar-refractivity contribution < 1.29 is 4.79 Å². The van der Waals surface area contributed by atoms with Gasteiger partial charge in [0.25, 0.3) is 5.91 Å². The molecule has 3 aromatic carbocycles. The van der Waals surface area contributed by atoms with E-state index in [4.69, 9.17) is 10.1 Å². The minimum atomic E-state index is -1.21. The van der Waals surface area contributed by atoms with E-state index in [1.165, 1.54) is 0 Å². The second-order valence-electron chi connectivity index (χ2n) is 7.06. The third-order valence-electron chi connectivity index (χ3n) is 5.39. The number of rotatable bonds is 1. The van der Waals surface area contributed by atoms with Crippen molar-refractivity contribution in [3.63, 3.8) is 0 Å². The fraction of sp³-hybridized carbons (Fsp3) is 0.0455. The Labute approximate surface area is 174 Å². The monoisotopic (exact) mass is 443 g/mol. The first-order valence-electron chi connectivity index (χ1n) is 9.19. The van der Waals surface area contributed by atoms with Gasteiger partial charge in [0.05, 0.1) is 0 Å². The number of aromatic nitrogens is 3. The highest BCUT2D eigenvalue weighted by Crippen LogP contribution is 2.47. The molecule has 6 nitrogen and oxygen atoms in total. The second kappa shape index (κ2) is 5.78. The lowest BCUT2D eigenvalue weighted by molar-refractivity contribution is -0.121. The van der Waals surface area contributed by atoms with Crippen LogP contribution in [0.2, 0.25) is 0 Å². The van der Waals surface area contributed by atoms with E-state index in [0.717, 1.165) is 32.5 Å². The molecule has 0 saturated carbocycles. The van der Waals surface area contributed by atoms with Gasteiger partial charge in [-0.05, 0) is 30.3 Å². The number of hydrogen-bond acceptors (Lipinski definition) is 4. The first kappa shape index (κ1) is 16.5. The van der Waals surface area contributed by atoms with Crippen molar-refractivity contribution in [3.05, 3.63) is 82.8 Å². The van der Waals surface area contributed by atoms with Crippen LogP contribution in [0.15, 0.2) is 77.3 Å². The van der Waals surface area contributed by atoms with E-state index in [-0.39, 0.29) is 5.91 Å². The minimum Gasteiger partial charge on any atom is -0.349 e. The maximum atomic E-state index is 13.4. The van der Waals surface area contributed by atoms with Crippen molar-refractivity contribution in [2.45, 2.75) is 5.66 Å². The number of hydrogen-bond donors (Lipinski definition) is 2. The third kappa shape index (κ3) is 2.19. The molecule has 2 aliphatic rings. The molecular formula is C22H14BrN5O. The van der Waals surface area contributed by atoms with Crippen LogP contribution >= 0.6 is 15.9 Å². The van der Waals surface area contributed by atoms with Crippen molar-refractivity contribution in [3.8, 4) is 22.8 Å². The Bertz CT molecular complexity index is 1300. The molecule has 0 unspecified atom stereocenters. The molecule has 0 radical (unpaired) electrons. The summed E-state index contributed by atoms with van der Waals surface area (Å²) in [5.41, 5.74) is 3.00. The van der Waals surface area contributed by atoms with Gasteiger partial charge in [-0.2, -0.15) is 0 Å². The highest BCUT2D eigenvalue weighted by Gasteiger charge is 2.53. The van der Waals surface area contributed by atoms with Gasteiger partial charge in [-0.1, -0.05) is 58.4 Å². The smallest absolute Gasteiger partial charge is 0.278 e. The highest BCUT2D eigenvalue weighted by atomic mass is 79.9. The number of para-hydroxylation sites is 1. The number of anilines is 2. The summed E-state index contributed by atoms with van der Waals surface area (Å²) < 4.78 is 2.60. The van der Waals surface area contributed by atoms with E-state index in [1.807, 2.05) is 72.8 Å². The van der Waals surface area contributed by atoms with Crippen LogP contribution < -0.4 is 10.6 Å². The van der Waals surface area contributed by atoms with Gasteiger partial charge < -0.3 is 10.6 Å². The van der Waals surface area contributed by atoms with Gasteiger partial charge in [0.15, 0.2) is 11.6 Å². The van der Waals surface area contributed by atoms with Crippen LogP contribution in [0.1, 0.15) is 5.56 Å². The Balaban J connectivity index is 1.68. The molecule has 2 N–H and O–H groups in total. The number of amides is 1. The van der Waals surface area contributed by atoms with Crippen LogP contribution in [0, 0.1) is 0 Å². The van der Waals surface area contributed by atoms with Crippen LogP contribution in [-0.2, 0) is 10.5 Å². The predicted octanol–water partition coefficient (Wildman–Crippen LogP) is 4.45. The molecule has 0 saturated heterocycles. The molecule has 1 amide bonds. The third-order valence-corrected chi connectivity index (χ3v) is 5.88. The summed E-state index contributed by atoms with van der Waals surface area (Å²) in [4.78, 5) is 18.2. The summed E-state index contributed by atoms with van der Waals surface area (Å²) in [6.07, 6.45) is 0. The molecule has 7 heteroatoms. The number of halogens is 1. The largest absolute Gasteiger partial charge is 0.349 e. The number of carbonyl (C=O) groups is 1. The van der Waals surface area contributed by atoms with Gasteiger partial charge in [-0.25, -0.2) is 9.67 Å². The van der Waals surface area contributed by atoms with Crippen LogP contribution in [0.5, 0.6) is 0 Å². The topological polar surface area (TPSA) is 71.8 Å². The number of carbonyl (C=O) groups excluding carboxylic acids is 1. The molecule has 29 heavy (non-hydrogen) atoms. The Morgan fingerprint density at radius 2 is 1.72 bits per heavy atom. The van der Waals surface area contributed by atoms with Gasteiger partial charge >= 0.3 is 0 Å². The van der Waals surface area contributed by atoms with Gasteiger partial charge in [0.2, 0.25) is 5.66 Å². The SMILES string of the molecule is O=C1Nc2ccc(Br)cc2[C@@]12Nc1ccccc1-c1nc(-c3ccccc3)nn12. The molecule has 0 aliphatic carbocycles. The molecule has 0 bridgehead atoms. The summed E-state index contributed by atoms with van der Waals surface area (Å²) in [5.74, 6) is 1.04. The van der Waals surface area contributed by atoms with Gasteiger partial charge in [-0.15, -0.1) is 5.10 Å². The normalized spacial score (nSPS) is 18.6. The highest BCUT2D eigenvalue weighted by molar-refractivity contribution is 9.10. The van der Waals surface area contributed by atoms with Crippen LogP contribution in [0.4, 0.5) is 11.4 Å². The predicted molar refractivity (Wildman–Crippen MR) is 114 cm³/mol. The molecule has 1 aromatic heterocycles. The van der Waals surface area contributed by atoms with Gasteiger partial charge in [0.1, 0.15) is 0 Å². The van der Waals surface area contributed by atoms with E-state index in [1.54, 1.807) is 4.68 Å². The molecule has 1 spiro atoms. The first-order chi connectivity index (χ1) is 14.2. The maximum Gasteiger partial charge on any atom is 0.278 e. The number of nitrogens with one attached hydrogen (secondary N) is 2. The fourth-order valence-electron chi connectivity index (χ4n) is 4.06. The summed E-state index contributed by atoms with van der Waals surface area (Å²) in [6, 6.07) is 23.4. The standard InChI is InChI=1S/C22H14BrN5O/c23-14-10-11-18-16(12-14)22(21(29)24-18)26-17-9-5-4-8-15(17)20-25-19(27-28(20)22)13-6-2-1-3-7-13/h1-12,26H,(H,24,29)/t22-/m0/s1. The van der Waals surface area contributed by atoms with Crippen molar-refractivity contribution in [2.24, 2.45) is 0 Å². The molecule has 0 fully saturated rings. The van der Waals surface area contributed by atoms with Crippen molar-refractivity contribution in [2.75, 3.05) is 10.6 Å². The molecule has 6 rings (SSSR count). The second-order valence-corrected chi connectivity index (χ2v) is 7.98. The lowest BCUT2D eigenvalue weighted by Gasteiger charge is -2.35. The van der Waals surface area contributed by atoms with Crippen LogP contribution in [0.3, 0.4) is 0 Å². The van der Waals surface area contributed by atoms with Crippen LogP contribution in [-0.4, -0.2) is 20.7 Å². The lowest BCUT2D eigenvalue weighted by Crippen LogP contribution is -2.51. The van der Waals surface area contributed by atoms with E-state index < -0.39 is 5.66 Å². The van der Waals surface area contributed by atoms with Crippen molar-refractivity contribution in [1.29, 1.82) is 0 Å². The molecule has 1 atom stereocenters. The maximum absolute atomic E-state index is 13.4. The summed E-state index contributed by atoms with van der Waals surface area (Å²) in [7, 11) is 0. The average Bonchev–Trinajstić information content (AvgIpc) is 3.31. The average molecular weight is 444 g/mol. The Hall–Kier alpha value is -3.45. The van der Waals surface area contributed by atoms with Gasteiger partial charge in [-0.3, -0.25) is 4.79 Å². The fourth-order valence-corrected chi connectivity index (χ4v) is 4.42. The molecule has 2 aliphatic heterocycles. The summed E-state index contributed by atoms with van der Waals surface area (Å²) >= 11 is 3.54. The van der Waals surface area contributed by atoms with Crippen LogP contribution in [0.25, 0.3) is 22.8 Å². The Kier molecular flexibility index (Phi) is 3.29.